The molecule has 0 atom stereocenters. The summed E-state index contributed by atoms with van der Waals surface area (Å²) in [5.74, 6) is 0.0144. The molecule has 5 nitrogen and oxygen atoms in total. The van der Waals surface area contributed by atoms with Gasteiger partial charge in [0, 0.05) is 24.2 Å². The monoisotopic (exact) mass is 333 g/mol. The molecule has 0 bridgehead atoms. The van der Waals surface area contributed by atoms with Gasteiger partial charge < -0.3 is 9.64 Å². The molecule has 1 aromatic carbocycles. The molecule has 0 saturated carbocycles. The number of nitrogens with zero attached hydrogens (tertiary/aromatic N) is 3. The molecule has 2 aromatic rings. The molecule has 0 unspecified atom stereocenters. The van der Waals surface area contributed by atoms with Crippen LogP contribution in [0.3, 0.4) is 0 Å². The zero-order valence-corrected chi connectivity index (χ0v) is 14.8. The second kappa shape index (κ2) is 7.57. The van der Waals surface area contributed by atoms with E-state index in [4.69, 9.17) is 4.74 Å². The van der Waals surface area contributed by atoms with Gasteiger partial charge in [0.15, 0.2) is 11.6 Å². The van der Waals surface area contributed by atoms with Gasteiger partial charge in [-0.1, -0.05) is 13.8 Å². The van der Waals surface area contributed by atoms with Gasteiger partial charge >= 0.3 is 0 Å². The number of hydrogen-bond acceptors (Lipinski definition) is 4. The molecule has 6 heteroatoms. The van der Waals surface area contributed by atoms with Crippen LogP contribution in [0.2, 0.25) is 0 Å². The van der Waals surface area contributed by atoms with E-state index in [1.807, 2.05) is 32.8 Å². The molecular weight excluding hydrogens is 309 g/mol. The van der Waals surface area contributed by atoms with Crippen LogP contribution in [-0.4, -0.2) is 35.9 Å². The predicted octanol–water partition coefficient (Wildman–Crippen LogP) is 2.78. The largest absolute Gasteiger partial charge is 0.494 e. The van der Waals surface area contributed by atoms with Crippen molar-refractivity contribution in [3.8, 4) is 17.0 Å². The Hall–Kier alpha value is -2.21. The maximum absolute atomic E-state index is 14.0. The van der Waals surface area contributed by atoms with Gasteiger partial charge in [-0.25, -0.2) is 9.07 Å². The van der Waals surface area contributed by atoms with Gasteiger partial charge in [-0.3, -0.25) is 4.79 Å². The Morgan fingerprint density at radius 1 is 1.29 bits per heavy atom. The maximum Gasteiger partial charge on any atom is 0.271 e. The number of ether oxygens (including phenoxy) is 1. The van der Waals surface area contributed by atoms with Crippen LogP contribution in [0.1, 0.15) is 19.4 Å². The summed E-state index contributed by atoms with van der Waals surface area (Å²) in [7, 11) is 5.23. The van der Waals surface area contributed by atoms with Gasteiger partial charge in [-0.2, -0.15) is 5.10 Å². The van der Waals surface area contributed by atoms with Crippen molar-refractivity contribution in [1.29, 1.82) is 0 Å². The highest BCUT2D eigenvalue weighted by atomic mass is 19.1. The van der Waals surface area contributed by atoms with E-state index in [1.54, 1.807) is 18.2 Å². The average molecular weight is 333 g/mol. The third kappa shape index (κ3) is 4.20. The van der Waals surface area contributed by atoms with E-state index >= 15 is 0 Å². The van der Waals surface area contributed by atoms with Crippen molar-refractivity contribution in [3.05, 3.63) is 46.0 Å². The van der Waals surface area contributed by atoms with E-state index in [0.717, 1.165) is 0 Å². The van der Waals surface area contributed by atoms with Crippen molar-refractivity contribution < 1.29 is 9.13 Å². The van der Waals surface area contributed by atoms with Crippen molar-refractivity contribution in [2.24, 2.45) is 5.92 Å². The number of aromatic nitrogens is 2. The minimum Gasteiger partial charge on any atom is -0.494 e. The Labute approximate surface area is 141 Å². The summed E-state index contributed by atoms with van der Waals surface area (Å²) in [4.78, 5) is 14.5. The maximum atomic E-state index is 14.0. The molecule has 1 heterocycles. The molecule has 0 amide bonds. The van der Waals surface area contributed by atoms with Crippen LogP contribution in [0.15, 0.2) is 29.1 Å². The Morgan fingerprint density at radius 2 is 2.00 bits per heavy atom. The molecule has 130 valence electrons. The third-order valence-electron chi connectivity index (χ3n) is 3.52. The molecule has 0 aliphatic carbocycles. The molecule has 24 heavy (non-hydrogen) atoms. The van der Waals surface area contributed by atoms with Crippen LogP contribution < -0.4 is 10.3 Å². The van der Waals surface area contributed by atoms with E-state index in [0.29, 0.717) is 29.9 Å². The lowest BCUT2D eigenvalue weighted by atomic mass is 10.1. The van der Waals surface area contributed by atoms with Crippen molar-refractivity contribution in [1.82, 2.24) is 14.7 Å². The lowest BCUT2D eigenvalue weighted by molar-refractivity contribution is 0.386. The quantitative estimate of drug-likeness (QED) is 0.815. The van der Waals surface area contributed by atoms with Gasteiger partial charge in [-0.05, 0) is 44.3 Å². The highest BCUT2D eigenvalue weighted by Gasteiger charge is 2.13. The molecule has 0 fully saturated rings. The van der Waals surface area contributed by atoms with Crippen LogP contribution in [0.4, 0.5) is 4.39 Å². The van der Waals surface area contributed by atoms with Gasteiger partial charge in [-0.15, -0.1) is 0 Å². The molecule has 0 aliphatic rings. The Balaban J connectivity index is 2.56. The zero-order valence-electron chi connectivity index (χ0n) is 14.8. The first-order valence-corrected chi connectivity index (χ1v) is 7.91. The van der Waals surface area contributed by atoms with Crippen LogP contribution >= 0.6 is 0 Å². The van der Waals surface area contributed by atoms with Crippen molar-refractivity contribution in [3.63, 3.8) is 0 Å². The first kappa shape index (κ1) is 18.1. The molecule has 1 aromatic heterocycles. The first-order chi connectivity index (χ1) is 11.3. The third-order valence-corrected chi connectivity index (χ3v) is 3.52. The Kier molecular flexibility index (Phi) is 5.72. The molecule has 0 aliphatic heterocycles. The highest BCUT2D eigenvalue weighted by molar-refractivity contribution is 5.60. The van der Waals surface area contributed by atoms with Crippen molar-refractivity contribution >= 4 is 0 Å². The number of rotatable bonds is 6. The van der Waals surface area contributed by atoms with E-state index in [-0.39, 0.29) is 17.2 Å². The highest BCUT2D eigenvalue weighted by Crippen LogP contribution is 2.24. The van der Waals surface area contributed by atoms with Crippen molar-refractivity contribution in [2.45, 2.75) is 26.9 Å². The summed E-state index contributed by atoms with van der Waals surface area (Å²) in [6.07, 6.45) is 0. The predicted molar refractivity (Wildman–Crippen MR) is 92.7 cm³/mol. The lowest BCUT2D eigenvalue weighted by Gasteiger charge is -2.15. The topological polar surface area (TPSA) is 47.4 Å². The number of hydrogen-bond donors (Lipinski definition) is 0. The fraction of sp³-hybridized carbons (Fsp3) is 0.444. The summed E-state index contributed by atoms with van der Waals surface area (Å²) in [5.41, 5.74) is 1.73. The van der Waals surface area contributed by atoms with Gasteiger partial charge in [0.1, 0.15) is 0 Å². The lowest BCUT2D eigenvalue weighted by Crippen LogP contribution is -2.30. The molecule has 0 radical (unpaired) electrons. The summed E-state index contributed by atoms with van der Waals surface area (Å²) >= 11 is 0. The zero-order chi connectivity index (χ0) is 17.9. The Morgan fingerprint density at radius 3 is 2.54 bits per heavy atom. The van der Waals surface area contributed by atoms with E-state index in [1.165, 1.54) is 17.9 Å². The molecule has 2 rings (SSSR count). The number of methoxy groups -OCH3 is 1. The normalized spacial score (nSPS) is 11.3. The molecular formula is C18H24FN3O2. The van der Waals surface area contributed by atoms with Crippen LogP contribution in [0, 0.1) is 11.7 Å². The molecule has 0 spiro atoms. The van der Waals surface area contributed by atoms with Gasteiger partial charge in [0.25, 0.3) is 5.56 Å². The second-order valence-corrected chi connectivity index (χ2v) is 6.52. The standard InChI is InChI=1S/C18H24FN3O2/c1-12(2)10-22-18(23)14(11-21(3)4)9-16(20-22)13-6-7-17(24-5)15(19)8-13/h6-9,12H,10-11H2,1-5H3. The summed E-state index contributed by atoms with van der Waals surface area (Å²) in [6, 6.07) is 6.43. The smallest absolute Gasteiger partial charge is 0.271 e. The van der Waals surface area contributed by atoms with Crippen molar-refractivity contribution in [2.75, 3.05) is 21.2 Å². The Bertz CT molecular complexity index is 735. The summed E-state index contributed by atoms with van der Waals surface area (Å²) in [5, 5.41) is 4.43. The molecule has 0 saturated heterocycles. The van der Waals surface area contributed by atoms with Gasteiger partial charge in [0.2, 0.25) is 0 Å². The van der Waals surface area contributed by atoms with E-state index in [2.05, 4.69) is 5.10 Å². The number of benzene rings is 1. The first-order valence-electron chi connectivity index (χ1n) is 7.91. The van der Waals surface area contributed by atoms with Crippen LogP contribution in [-0.2, 0) is 13.1 Å². The summed E-state index contributed by atoms with van der Waals surface area (Å²) in [6.45, 7) is 5.08. The second-order valence-electron chi connectivity index (χ2n) is 6.52. The van der Waals surface area contributed by atoms with Gasteiger partial charge in [0.05, 0.1) is 12.8 Å². The van der Waals surface area contributed by atoms with E-state index in [9.17, 15) is 9.18 Å². The average Bonchev–Trinajstić information content (AvgIpc) is 2.50. The summed E-state index contributed by atoms with van der Waals surface area (Å²) < 4.78 is 20.4. The molecule has 0 N–H and O–H groups in total. The van der Waals surface area contributed by atoms with E-state index < -0.39 is 5.82 Å². The minimum atomic E-state index is -0.451. The minimum absolute atomic E-state index is 0.102. The SMILES string of the molecule is COc1ccc(-c2cc(CN(C)C)c(=O)n(CC(C)C)n2)cc1F. The van der Waals surface area contributed by atoms with Crippen LogP contribution in [0.5, 0.6) is 5.75 Å². The number of halogens is 1. The fourth-order valence-electron chi connectivity index (χ4n) is 2.49. The fourth-order valence-corrected chi connectivity index (χ4v) is 2.49. The van der Waals surface area contributed by atoms with Crippen LogP contribution in [0.25, 0.3) is 11.3 Å².